The summed E-state index contributed by atoms with van der Waals surface area (Å²) in [6.07, 6.45) is 3.46. The fourth-order valence-corrected chi connectivity index (χ4v) is 1.75. The molecule has 0 amide bonds. The predicted octanol–water partition coefficient (Wildman–Crippen LogP) is 2.48. The Labute approximate surface area is 110 Å². The number of hydrogen-bond acceptors (Lipinski definition) is 4. The van der Waals surface area contributed by atoms with Gasteiger partial charge in [-0.15, -0.1) is 0 Å². The second-order valence-electron chi connectivity index (χ2n) is 4.06. The van der Waals surface area contributed by atoms with Gasteiger partial charge in [0.2, 0.25) is 0 Å². The van der Waals surface area contributed by atoms with Gasteiger partial charge in [0.25, 0.3) is 0 Å². The maximum absolute atomic E-state index is 4.44. The molecule has 19 heavy (non-hydrogen) atoms. The van der Waals surface area contributed by atoms with Crippen molar-refractivity contribution < 1.29 is 0 Å². The normalized spacial score (nSPS) is 10.3. The molecule has 0 saturated heterocycles. The van der Waals surface area contributed by atoms with Crippen molar-refractivity contribution in [1.29, 1.82) is 0 Å². The molecule has 1 aromatic carbocycles. The van der Waals surface area contributed by atoms with Gasteiger partial charge in [-0.3, -0.25) is 10.1 Å². The lowest BCUT2D eigenvalue weighted by Gasteiger charge is -2.02. The molecule has 0 bridgehead atoms. The van der Waals surface area contributed by atoms with Gasteiger partial charge in [0.05, 0.1) is 6.54 Å². The lowest BCUT2D eigenvalue weighted by atomic mass is 10.2. The molecule has 2 aromatic heterocycles. The van der Waals surface area contributed by atoms with Crippen LogP contribution in [0.25, 0.3) is 11.4 Å². The van der Waals surface area contributed by atoms with Gasteiger partial charge in [0.15, 0.2) is 5.82 Å². The highest BCUT2D eigenvalue weighted by atomic mass is 15.2. The van der Waals surface area contributed by atoms with Crippen LogP contribution in [0.1, 0.15) is 5.82 Å². The van der Waals surface area contributed by atoms with Gasteiger partial charge in [0, 0.05) is 23.6 Å². The van der Waals surface area contributed by atoms with E-state index in [4.69, 9.17) is 0 Å². The van der Waals surface area contributed by atoms with E-state index in [0.29, 0.717) is 12.4 Å². The molecule has 5 heteroatoms. The molecule has 3 rings (SSSR count). The average molecular weight is 251 g/mol. The zero-order valence-corrected chi connectivity index (χ0v) is 10.2. The van der Waals surface area contributed by atoms with E-state index in [2.05, 4.69) is 25.5 Å². The van der Waals surface area contributed by atoms with Crippen LogP contribution in [0.5, 0.6) is 0 Å². The number of aromatic amines is 1. The topological polar surface area (TPSA) is 66.5 Å². The molecule has 0 spiro atoms. The second-order valence-corrected chi connectivity index (χ2v) is 4.06. The number of H-pyrrole nitrogens is 1. The molecule has 3 aromatic rings. The Morgan fingerprint density at radius 2 is 1.79 bits per heavy atom. The molecular weight excluding hydrogens is 238 g/mol. The van der Waals surface area contributed by atoms with E-state index in [0.717, 1.165) is 17.1 Å². The molecule has 0 radical (unpaired) electrons. The first-order valence-electron chi connectivity index (χ1n) is 6.02. The highest BCUT2D eigenvalue weighted by Crippen LogP contribution is 2.13. The first-order chi connectivity index (χ1) is 9.42. The molecule has 2 N–H and O–H groups in total. The minimum atomic E-state index is 0.613. The van der Waals surface area contributed by atoms with Crippen LogP contribution in [0.15, 0.2) is 54.9 Å². The summed E-state index contributed by atoms with van der Waals surface area (Å²) in [5.41, 5.74) is 2.02. The van der Waals surface area contributed by atoms with Crippen molar-refractivity contribution in [3.8, 4) is 11.4 Å². The third-order valence-corrected chi connectivity index (χ3v) is 2.70. The minimum Gasteiger partial charge on any atom is -0.378 e. The number of nitrogens with zero attached hydrogens (tertiary/aromatic N) is 3. The quantitative estimate of drug-likeness (QED) is 0.747. The maximum Gasteiger partial charge on any atom is 0.181 e. The van der Waals surface area contributed by atoms with Crippen LogP contribution in [0.4, 0.5) is 5.69 Å². The fourth-order valence-electron chi connectivity index (χ4n) is 1.75. The SMILES string of the molecule is c1ccc(NCc2nc(-c3ccncc3)n[nH]2)cc1. The van der Waals surface area contributed by atoms with Gasteiger partial charge >= 0.3 is 0 Å². The van der Waals surface area contributed by atoms with Crippen molar-refractivity contribution in [2.75, 3.05) is 5.32 Å². The van der Waals surface area contributed by atoms with Gasteiger partial charge in [-0.1, -0.05) is 18.2 Å². The average Bonchev–Trinajstić information content (AvgIpc) is 2.96. The summed E-state index contributed by atoms with van der Waals surface area (Å²) in [7, 11) is 0. The van der Waals surface area contributed by atoms with Crippen LogP contribution in [0.2, 0.25) is 0 Å². The molecule has 2 heterocycles. The minimum absolute atomic E-state index is 0.613. The van der Waals surface area contributed by atoms with E-state index in [1.165, 1.54) is 0 Å². The van der Waals surface area contributed by atoms with E-state index in [1.807, 2.05) is 42.5 Å². The van der Waals surface area contributed by atoms with E-state index < -0.39 is 0 Å². The summed E-state index contributed by atoms with van der Waals surface area (Å²) < 4.78 is 0. The first kappa shape index (κ1) is 11.4. The number of hydrogen-bond donors (Lipinski definition) is 2. The number of nitrogens with one attached hydrogen (secondary N) is 2. The van der Waals surface area contributed by atoms with Gasteiger partial charge in [0.1, 0.15) is 5.82 Å². The molecule has 0 aliphatic carbocycles. The highest BCUT2D eigenvalue weighted by molar-refractivity contribution is 5.53. The van der Waals surface area contributed by atoms with Crippen molar-refractivity contribution in [3.05, 3.63) is 60.7 Å². The number of pyridine rings is 1. The lowest BCUT2D eigenvalue weighted by molar-refractivity contribution is 0.955. The predicted molar refractivity (Wildman–Crippen MR) is 73.4 cm³/mol. The summed E-state index contributed by atoms with van der Waals surface area (Å²) >= 11 is 0. The maximum atomic E-state index is 4.44. The smallest absolute Gasteiger partial charge is 0.181 e. The Morgan fingerprint density at radius 3 is 2.58 bits per heavy atom. The number of rotatable bonds is 4. The van der Waals surface area contributed by atoms with Crippen molar-refractivity contribution in [2.24, 2.45) is 0 Å². The van der Waals surface area contributed by atoms with Crippen LogP contribution >= 0.6 is 0 Å². The number of benzene rings is 1. The molecular formula is C14H13N5. The molecule has 0 aliphatic rings. The highest BCUT2D eigenvalue weighted by Gasteiger charge is 2.04. The summed E-state index contributed by atoms with van der Waals surface area (Å²) in [6, 6.07) is 13.8. The Kier molecular flexibility index (Phi) is 3.18. The van der Waals surface area contributed by atoms with Crippen LogP contribution in [-0.2, 0) is 6.54 Å². The van der Waals surface area contributed by atoms with E-state index in [1.54, 1.807) is 12.4 Å². The molecule has 0 unspecified atom stereocenters. The van der Waals surface area contributed by atoms with Crippen molar-refractivity contribution in [2.45, 2.75) is 6.54 Å². The van der Waals surface area contributed by atoms with Crippen LogP contribution in [-0.4, -0.2) is 20.2 Å². The number of para-hydroxylation sites is 1. The van der Waals surface area contributed by atoms with Crippen molar-refractivity contribution in [3.63, 3.8) is 0 Å². The lowest BCUT2D eigenvalue weighted by Crippen LogP contribution is -2.00. The van der Waals surface area contributed by atoms with E-state index in [9.17, 15) is 0 Å². The van der Waals surface area contributed by atoms with Gasteiger partial charge in [-0.2, -0.15) is 5.10 Å². The largest absolute Gasteiger partial charge is 0.378 e. The van der Waals surface area contributed by atoms with Crippen LogP contribution in [0, 0.1) is 0 Å². The van der Waals surface area contributed by atoms with Gasteiger partial charge < -0.3 is 5.32 Å². The standard InChI is InChI=1S/C14H13N5/c1-2-4-12(5-3-1)16-10-13-17-14(19-18-13)11-6-8-15-9-7-11/h1-9,16H,10H2,(H,17,18,19). The molecule has 0 aliphatic heterocycles. The molecule has 94 valence electrons. The Bertz CT molecular complexity index is 633. The Hall–Kier alpha value is -2.69. The zero-order chi connectivity index (χ0) is 12.9. The fraction of sp³-hybridized carbons (Fsp3) is 0.0714. The number of anilines is 1. The van der Waals surface area contributed by atoms with E-state index >= 15 is 0 Å². The number of aromatic nitrogens is 4. The van der Waals surface area contributed by atoms with Crippen molar-refractivity contribution in [1.82, 2.24) is 20.2 Å². The third kappa shape index (κ3) is 2.77. The van der Waals surface area contributed by atoms with Crippen LogP contribution < -0.4 is 5.32 Å². The zero-order valence-electron chi connectivity index (χ0n) is 10.2. The Morgan fingerprint density at radius 1 is 1.00 bits per heavy atom. The molecule has 5 nitrogen and oxygen atoms in total. The third-order valence-electron chi connectivity index (χ3n) is 2.70. The molecule has 0 atom stereocenters. The molecule has 0 fully saturated rings. The molecule has 0 saturated carbocycles. The first-order valence-corrected chi connectivity index (χ1v) is 6.02. The summed E-state index contributed by atoms with van der Waals surface area (Å²) in [5.74, 6) is 1.49. The summed E-state index contributed by atoms with van der Waals surface area (Å²) in [6.45, 7) is 0.613. The van der Waals surface area contributed by atoms with Gasteiger partial charge in [-0.25, -0.2) is 4.98 Å². The summed E-state index contributed by atoms with van der Waals surface area (Å²) in [4.78, 5) is 8.41. The van der Waals surface area contributed by atoms with Crippen molar-refractivity contribution >= 4 is 5.69 Å². The monoisotopic (exact) mass is 251 g/mol. The van der Waals surface area contributed by atoms with Gasteiger partial charge in [-0.05, 0) is 24.3 Å². The van der Waals surface area contributed by atoms with E-state index in [-0.39, 0.29) is 0 Å². The Balaban J connectivity index is 1.69. The summed E-state index contributed by atoms with van der Waals surface area (Å²) in [5, 5.41) is 10.4. The second kappa shape index (κ2) is 5.30. The van der Waals surface area contributed by atoms with Crippen LogP contribution in [0.3, 0.4) is 0 Å².